The van der Waals surface area contributed by atoms with Gasteiger partial charge in [0, 0.05) is 12.2 Å². The maximum Gasteiger partial charge on any atom is 0.313 e. The van der Waals surface area contributed by atoms with Gasteiger partial charge >= 0.3 is 11.8 Å². The molecule has 2 atom stereocenters. The summed E-state index contributed by atoms with van der Waals surface area (Å²) in [4.78, 5) is 24.0. The highest BCUT2D eigenvalue weighted by atomic mass is 16.3. The lowest BCUT2D eigenvalue weighted by atomic mass is 9.98. The van der Waals surface area contributed by atoms with Crippen LogP contribution in [0.25, 0.3) is 0 Å². The fraction of sp³-hybridized carbons (Fsp3) is 0.556. The molecule has 0 aromatic heterocycles. The Balaban J connectivity index is 2.71. The summed E-state index contributed by atoms with van der Waals surface area (Å²) >= 11 is 0. The minimum absolute atomic E-state index is 0.0715. The minimum atomic E-state index is -0.731. The number of hydrogen-bond donors (Lipinski definition) is 3. The third-order valence-corrected chi connectivity index (χ3v) is 4.14. The number of hydrogen-bond acceptors (Lipinski definition) is 3. The van der Waals surface area contributed by atoms with Crippen LogP contribution in [0.4, 0.5) is 5.69 Å². The molecule has 0 radical (unpaired) electrons. The molecule has 1 rings (SSSR count). The van der Waals surface area contributed by atoms with Crippen molar-refractivity contribution in [1.29, 1.82) is 0 Å². The van der Waals surface area contributed by atoms with Gasteiger partial charge in [0.05, 0.1) is 6.10 Å². The van der Waals surface area contributed by atoms with Crippen LogP contribution in [0.15, 0.2) is 18.2 Å². The molecule has 3 N–H and O–H groups in total. The number of aliphatic hydroxyl groups is 1. The number of benzene rings is 1. The number of carbonyl (C=O) groups is 2. The number of amides is 2. The van der Waals surface area contributed by atoms with Crippen LogP contribution < -0.4 is 10.6 Å². The third-order valence-electron chi connectivity index (χ3n) is 4.14. The molecule has 0 saturated heterocycles. The van der Waals surface area contributed by atoms with Gasteiger partial charge in [0.2, 0.25) is 0 Å². The maximum absolute atomic E-state index is 12.1. The highest BCUT2D eigenvalue weighted by molar-refractivity contribution is 6.39. The van der Waals surface area contributed by atoms with E-state index in [1.807, 2.05) is 52.8 Å². The average molecular weight is 320 g/mol. The number of carbonyl (C=O) groups excluding carboxylic acids is 2. The summed E-state index contributed by atoms with van der Waals surface area (Å²) in [5.41, 5.74) is 2.59. The van der Waals surface area contributed by atoms with E-state index in [2.05, 4.69) is 10.6 Å². The van der Waals surface area contributed by atoms with Crippen molar-refractivity contribution in [3.8, 4) is 0 Å². The molecule has 128 valence electrons. The fourth-order valence-electron chi connectivity index (χ4n) is 2.26. The Hall–Kier alpha value is -1.88. The molecule has 2 amide bonds. The van der Waals surface area contributed by atoms with Crippen LogP contribution >= 0.6 is 0 Å². The summed E-state index contributed by atoms with van der Waals surface area (Å²) in [6, 6.07) is 5.77. The molecule has 5 nitrogen and oxygen atoms in total. The van der Waals surface area contributed by atoms with Crippen LogP contribution in [-0.2, 0) is 9.59 Å². The lowest BCUT2D eigenvalue weighted by Gasteiger charge is -2.18. The van der Waals surface area contributed by atoms with Crippen molar-refractivity contribution in [3.05, 3.63) is 29.3 Å². The number of aryl methyl sites for hydroxylation is 1. The van der Waals surface area contributed by atoms with Crippen molar-refractivity contribution in [1.82, 2.24) is 5.32 Å². The van der Waals surface area contributed by atoms with Crippen molar-refractivity contribution in [2.75, 3.05) is 11.9 Å². The molecule has 0 aliphatic heterocycles. The van der Waals surface area contributed by atoms with Crippen molar-refractivity contribution in [3.63, 3.8) is 0 Å². The molecule has 2 unspecified atom stereocenters. The minimum Gasteiger partial charge on any atom is -0.391 e. The zero-order valence-electron chi connectivity index (χ0n) is 14.6. The molecule has 0 aliphatic carbocycles. The first-order chi connectivity index (χ1) is 10.8. The first kappa shape index (κ1) is 19.2. The van der Waals surface area contributed by atoms with Crippen LogP contribution in [0.3, 0.4) is 0 Å². The van der Waals surface area contributed by atoms with E-state index in [9.17, 15) is 14.7 Å². The number of nitrogens with one attached hydrogen (secondary N) is 2. The Morgan fingerprint density at radius 3 is 2.39 bits per heavy atom. The van der Waals surface area contributed by atoms with Crippen LogP contribution in [0.5, 0.6) is 0 Å². The van der Waals surface area contributed by atoms with Crippen molar-refractivity contribution in [2.45, 2.75) is 53.1 Å². The Morgan fingerprint density at radius 2 is 1.83 bits per heavy atom. The van der Waals surface area contributed by atoms with Gasteiger partial charge in [-0.05, 0) is 29.9 Å². The average Bonchev–Trinajstić information content (AvgIpc) is 2.52. The standard InChI is InChI=1S/C18H28N2O3/c1-6-12(4)15(21)10-19-17(22)18(23)20-16-13(5)8-7-9-14(16)11(2)3/h7-9,11-12,15,21H,6,10H2,1-5H3,(H,19,22)(H,20,23). The van der Waals surface area contributed by atoms with Gasteiger partial charge in [-0.2, -0.15) is 0 Å². The predicted octanol–water partition coefficient (Wildman–Crippen LogP) is 2.58. The van der Waals surface area contributed by atoms with E-state index in [1.54, 1.807) is 0 Å². The number of rotatable bonds is 6. The topological polar surface area (TPSA) is 78.4 Å². The van der Waals surface area contributed by atoms with Crippen LogP contribution in [-0.4, -0.2) is 29.6 Å². The summed E-state index contributed by atoms with van der Waals surface area (Å²) in [6.07, 6.45) is 0.158. The van der Waals surface area contributed by atoms with Crippen LogP contribution in [0.2, 0.25) is 0 Å². The second-order valence-electron chi connectivity index (χ2n) is 6.31. The van der Waals surface area contributed by atoms with Gasteiger partial charge in [0.15, 0.2) is 0 Å². The first-order valence-electron chi connectivity index (χ1n) is 8.14. The Bertz CT molecular complexity index is 555. The van der Waals surface area contributed by atoms with E-state index in [1.165, 1.54) is 0 Å². The smallest absolute Gasteiger partial charge is 0.313 e. The molecular weight excluding hydrogens is 292 g/mol. The van der Waals surface area contributed by atoms with Gasteiger partial charge in [-0.15, -0.1) is 0 Å². The number of aliphatic hydroxyl groups excluding tert-OH is 1. The van der Waals surface area contributed by atoms with Gasteiger partial charge in [-0.3, -0.25) is 9.59 Å². The van der Waals surface area contributed by atoms with Crippen molar-refractivity contribution in [2.24, 2.45) is 5.92 Å². The van der Waals surface area contributed by atoms with Crippen molar-refractivity contribution < 1.29 is 14.7 Å². The van der Waals surface area contributed by atoms with E-state index in [4.69, 9.17) is 0 Å². The summed E-state index contributed by atoms with van der Waals surface area (Å²) in [6.45, 7) is 9.91. The maximum atomic E-state index is 12.1. The summed E-state index contributed by atoms with van der Waals surface area (Å²) in [5.74, 6) is -1.13. The zero-order chi connectivity index (χ0) is 17.6. The monoisotopic (exact) mass is 320 g/mol. The SMILES string of the molecule is CCC(C)C(O)CNC(=O)C(=O)Nc1c(C)cccc1C(C)C. The molecule has 1 aromatic rings. The van der Waals surface area contributed by atoms with E-state index in [-0.39, 0.29) is 18.4 Å². The summed E-state index contributed by atoms with van der Waals surface area (Å²) in [5, 5.41) is 15.0. The molecule has 0 aliphatic rings. The second kappa shape index (κ2) is 8.67. The lowest BCUT2D eigenvalue weighted by molar-refractivity contribution is -0.136. The quantitative estimate of drug-likeness (QED) is 0.705. The third kappa shape index (κ3) is 5.36. The molecule has 1 aromatic carbocycles. The molecular formula is C18H28N2O3. The van der Waals surface area contributed by atoms with Gasteiger partial charge < -0.3 is 15.7 Å². The van der Waals surface area contributed by atoms with Crippen LogP contribution in [0, 0.1) is 12.8 Å². The normalized spacial score (nSPS) is 13.5. The largest absolute Gasteiger partial charge is 0.391 e. The highest BCUT2D eigenvalue weighted by Crippen LogP contribution is 2.27. The first-order valence-corrected chi connectivity index (χ1v) is 8.14. The van der Waals surface area contributed by atoms with E-state index in [0.29, 0.717) is 5.69 Å². The fourth-order valence-corrected chi connectivity index (χ4v) is 2.26. The van der Waals surface area contributed by atoms with Gasteiger partial charge in [0.1, 0.15) is 0 Å². The summed E-state index contributed by atoms with van der Waals surface area (Å²) in [7, 11) is 0. The Kier molecular flexibility index (Phi) is 7.23. The van der Waals surface area contributed by atoms with E-state index >= 15 is 0 Å². The molecule has 0 fully saturated rings. The molecule has 0 heterocycles. The second-order valence-corrected chi connectivity index (χ2v) is 6.31. The Morgan fingerprint density at radius 1 is 1.17 bits per heavy atom. The molecule has 0 spiro atoms. The summed E-state index contributed by atoms with van der Waals surface area (Å²) < 4.78 is 0. The van der Waals surface area contributed by atoms with Crippen molar-refractivity contribution >= 4 is 17.5 Å². The molecule has 5 heteroatoms. The number of para-hydroxylation sites is 1. The zero-order valence-corrected chi connectivity index (χ0v) is 14.6. The lowest BCUT2D eigenvalue weighted by Crippen LogP contribution is -2.41. The van der Waals surface area contributed by atoms with Gasteiger partial charge in [0.25, 0.3) is 0 Å². The predicted molar refractivity (Wildman–Crippen MR) is 92.4 cm³/mol. The highest BCUT2D eigenvalue weighted by Gasteiger charge is 2.19. The van der Waals surface area contributed by atoms with Gasteiger partial charge in [-0.1, -0.05) is 52.3 Å². The molecule has 23 heavy (non-hydrogen) atoms. The van der Waals surface area contributed by atoms with E-state index < -0.39 is 17.9 Å². The van der Waals surface area contributed by atoms with Gasteiger partial charge in [-0.25, -0.2) is 0 Å². The Labute approximate surface area is 138 Å². The number of anilines is 1. The molecule has 0 bridgehead atoms. The van der Waals surface area contributed by atoms with E-state index in [0.717, 1.165) is 17.5 Å². The molecule has 0 saturated carbocycles. The van der Waals surface area contributed by atoms with Crippen LogP contribution in [0.1, 0.15) is 51.2 Å².